The highest BCUT2D eigenvalue weighted by Gasteiger charge is 2.22. The highest BCUT2D eigenvalue weighted by atomic mass is 16.5. The third-order valence-electron chi connectivity index (χ3n) is 3.22. The molecule has 0 saturated carbocycles. The van der Waals surface area contributed by atoms with Gasteiger partial charge in [-0.2, -0.15) is 0 Å². The number of ether oxygens (including phenoxy) is 1. The first-order valence-electron chi connectivity index (χ1n) is 7.14. The summed E-state index contributed by atoms with van der Waals surface area (Å²) in [7, 11) is 0. The Hall–Kier alpha value is -3.09. The first-order valence-corrected chi connectivity index (χ1v) is 7.14. The van der Waals surface area contributed by atoms with E-state index in [1.54, 1.807) is 12.1 Å². The Morgan fingerprint density at radius 2 is 2.04 bits per heavy atom. The number of para-hydroxylation sites is 1. The van der Waals surface area contributed by atoms with Crippen LogP contribution < -0.4 is 4.74 Å². The number of furan rings is 1. The summed E-state index contributed by atoms with van der Waals surface area (Å²) in [6, 6.07) is 12.9. The van der Waals surface area contributed by atoms with Crippen molar-refractivity contribution in [2.24, 2.45) is 0 Å². The van der Waals surface area contributed by atoms with Gasteiger partial charge < -0.3 is 14.3 Å². The average molecular weight is 313 g/mol. The predicted octanol–water partition coefficient (Wildman–Crippen LogP) is 2.71. The number of aromatic nitrogens is 3. The fourth-order valence-electron chi connectivity index (χ4n) is 2.19. The molecule has 3 aromatic rings. The molecule has 0 unspecified atom stereocenters. The van der Waals surface area contributed by atoms with Crippen molar-refractivity contribution in [3.05, 3.63) is 54.4 Å². The number of hydrogen-bond acceptors (Lipinski definition) is 5. The largest absolute Gasteiger partial charge is 0.494 e. The highest BCUT2D eigenvalue weighted by Crippen LogP contribution is 2.23. The zero-order valence-electron chi connectivity index (χ0n) is 12.3. The van der Waals surface area contributed by atoms with Gasteiger partial charge in [-0.15, -0.1) is 5.10 Å². The Morgan fingerprint density at radius 3 is 2.74 bits per heavy atom. The zero-order chi connectivity index (χ0) is 16.1. The Kier molecular flexibility index (Phi) is 4.37. The lowest BCUT2D eigenvalue weighted by Crippen LogP contribution is -2.08. The van der Waals surface area contributed by atoms with E-state index in [4.69, 9.17) is 9.15 Å². The van der Waals surface area contributed by atoms with Gasteiger partial charge in [-0.3, -0.25) is 0 Å². The molecule has 0 fully saturated rings. The van der Waals surface area contributed by atoms with E-state index in [2.05, 4.69) is 10.3 Å². The first kappa shape index (κ1) is 14.8. The minimum Gasteiger partial charge on any atom is -0.494 e. The Morgan fingerprint density at radius 1 is 1.22 bits per heavy atom. The van der Waals surface area contributed by atoms with Crippen LogP contribution in [-0.4, -0.2) is 32.7 Å². The van der Waals surface area contributed by atoms with Crippen LogP contribution in [0.2, 0.25) is 0 Å². The van der Waals surface area contributed by atoms with E-state index in [0.29, 0.717) is 31.0 Å². The van der Waals surface area contributed by atoms with Crippen LogP contribution in [0.4, 0.5) is 0 Å². The lowest BCUT2D eigenvalue weighted by atomic mass is 10.2. The van der Waals surface area contributed by atoms with Crippen LogP contribution in [0.15, 0.2) is 53.1 Å². The Labute approximate surface area is 132 Å². The quantitative estimate of drug-likeness (QED) is 0.674. The molecule has 1 aromatic carbocycles. The maximum Gasteiger partial charge on any atom is 0.358 e. The number of carboxylic acid groups (broad SMARTS) is 1. The number of rotatable bonds is 7. The Bertz CT molecular complexity index is 766. The van der Waals surface area contributed by atoms with Crippen LogP contribution in [-0.2, 0) is 6.54 Å². The van der Waals surface area contributed by atoms with Gasteiger partial charge in [-0.05, 0) is 24.3 Å². The van der Waals surface area contributed by atoms with Gasteiger partial charge in [-0.25, -0.2) is 9.48 Å². The molecule has 3 rings (SSSR count). The summed E-state index contributed by atoms with van der Waals surface area (Å²) in [4.78, 5) is 11.3. The van der Waals surface area contributed by atoms with E-state index in [0.717, 1.165) is 5.75 Å². The van der Waals surface area contributed by atoms with Gasteiger partial charge in [0.15, 0.2) is 5.76 Å². The van der Waals surface area contributed by atoms with Crippen molar-refractivity contribution in [3.8, 4) is 17.2 Å². The standard InChI is InChI=1S/C16H15N3O4/c20-16(21)14-15(13-8-4-10-23-13)19(18-17-14)9-5-11-22-12-6-2-1-3-7-12/h1-4,6-8,10H,5,9,11H2,(H,20,21). The van der Waals surface area contributed by atoms with Gasteiger partial charge in [0.2, 0.25) is 5.69 Å². The van der Waals surface area contributed by atoms with Crippen molar-refractivity contribution in [1.29, 1.82) is 0 Å². The summed E-state index contributed by atoms with van der Waals surface area (Å²) in [6.45, 7) is 0.965. The molecule has 0 aliphatic rings. The zero-order valence-corrected chi connectivity index (χ0v) is 12.3. The second kappa shape index (κ2) is 6.78. The summed E-state index contributed by atoms with van der Waals surface area (Å²) < 4.78 is 12.4. The minimum atomic E-state index is -1.14. The van der Waals surface area contributed by atoms with E-state index in [1.165, 1.54) is 10.9 Å². The molecule has 2 heterocycles. The molecule has 0 radical (unpaired) electrons. The molecule has 0 atom stereocenters. The summed E-state index contributed by atoms with van der Waals surface area (Å²) in [5.74, 6) is 0.0862. The van der Waals surface area contributed by atoms with Crippen LogP contribution >= 0.6 is 0 Å². The molecule has 0 spiro atoms. The molecule has 0 aliphatic heterocycles. The number of carbonyl (C=O) groups is 1. The van der Waals surface area contributed by atoms with E-state index in [1.807, 2.05) is 30.3 Å². The maximum absolute atomic E-state index is 11.3. The van der Waals surface area contributed by atoms with Crippen molar-refractivity contribution in [2.45, 2.75) is 13.0 Å². The van der Waals surface area contributed by atoms with Crippen molar-refractivity contribution in [3.63, 3.8) is 0 Å². The van der Waals surface area contributed by atoms with Gasteiger partial charge in [-0.1, -0.05) is 23.4 Å². The summed E-state index contributed by atoms with van der Waals surface area (Å²) in [5, 5.41) is 16.8. The molecule has 118 valence electrons. The topological polar surface area (TPSA) is 90.4 Å². The van der Waals surface area contributed by atoms with Gasteiger partial charge in [0.25, 0.3) is 0 Å². The van der Waals surface area contributed by atoms with Crippen LogP contribution in [0.3, 0.4) is 0 Å². The fourth-order valence-corrected chi connectivity index (χ4v) is 2.19. The second-order valence-corrected chi connectivity index (χ2v) is 4.81. The first-order chi connectivity index (χ1) is 11.3. The number of aromatic carboxylic acids is 1. The van der Waals surface area contributed by atoms with Crippen LogP contribution in [0.5, 0.6) is 5.75 Å². The van der Waals surface area contributed by atoms with Crippen molar-refractivity contribution < 1.29 is 19.1 Å². The highest BCUT2D eigenvalue weighted by molar-refractivity contribution is 5.91. The monoisotopic (exact) mass is 313 g/mol. The summed E-state index contributed by atoms with van der Waals surface area (Å²) in [5.41, 5.74) is 0.242. The lowest BCUT2D eigenvalue weighted by molar-refractivity contribution is 0.0691. The van der Waals surface area contributed by atoms with Crippen LogP contribution in [0, 0.1) is 0 Å². The van der Waals surface area contributed by atoms with E-state index < -0.39 is 5.97 Å². The maximum atomic E-state index is 11.3. The number of aryl methyl sites for hydroxylation is 1. The van der Waals surface area contributed by atoms with E-state index in [9.17, 15) is 9.90 Å². The smallest absolute Gasteiger partial charge is 0.358 e. The van der Waals surface area contributed by atoms with Crippen molar-refractivity contribution in [2.75, 3.05) is 6.61 Å². The molecule has 0 aliphatic carbocycles. The molecule has 7 heteroatoms. The van der Waals surface area contributed by atoms with Crippen LogP contribution in [0.25, 0.3) is 11.5 Å². The molecule has 2 aromatic heterocycles. The molecular weight excluding hydrogens is 298 g/mol. The molecule has 23 heavy (non-hydrogen) atoms. The summed E-state index contributed by atoms with van der Waals surface area (Å²) >= 11 is 0. The number of carboxylic acids is 1. The lowest BCUT2D eigenvalue weighted by Gasteiger charge is -2.07. The van der Waals surface area contributed by atoms with Crippen molar-refractivity contribution >= 4 is 5.97 Å². The van der Waals surface area contributed by atoms with Crippen molar-refractivity contribution in [1.82, 2.24) is 15.0 Å². The third-order valence-corrected chi connectivity index (χ3v) is 3.22. The molecule has 0 bridgehead atoms. The molecular formula is C16H15N3O4. The fraction of sp³-hybridized carbons (Fsp3) is 0.188. The Balaban J connectivity index is 1.67. The van der Waals surface area contributed by atoms with Gasteiger partial charge in [0.05, 0.1) is 12.9 Å². The van der Waals surface area contributed by atoms with Crippen LogP contribution in [0.1, 0.15) is 16.9 Å². The average Bonchev–Trinajstić information content (AvgIpc) is 3.21. The number of nitrogens with zero attached hydrogens (tertiary/aromatic N) is 3. The van der Waals surface area contributed by atoms with E-state index in [-0.39, 0.29) is 5.69 Å². The number of benzene rings is 1. The van der Waals surface area contributed by atoms with Gasteiger partial charge in [0, 0.05) is 13.0 Å². The second-order valence-electron chi connectivity index (χ2n) is 4.81. The molecule has 0 saturated heterocycles. The van der Waals surface area contributed by atoms with Gasteiger partial charge in [0.1, 0.15) is 11.4 Å². The predicted molar refractivity (Wildman–Crippen MR) is 81.2 cm³/mol. The van der Waals surface area contributed by atoms with E-state index >= 15 is 0 Å². The van der Waals surface area contributed by atoms with Gasteiger partial charge >= 0.3 is 5.97 Å². The normalized spacial score (nSPS) is 10.6. The SMILES string of the molecule is O=C(O)c1nnn(CCCOc2ccccc2)c1-c1ccco1. The summed E-state index contributed by atoms with van der Waals surface area (Å²) in [6.07, 6.45) is 2.14. The number of hydrogen-bond donors (Lipinski definition) is 1. The molecule has 1 N–H and O–H groups in total. The minimum absolute atomic E-state index is 0.121. The molecule has 0 amide bonds. The third kappa shape index (κ3) is 3.39. The molecule has 7 nitrogen and oxygen atoms in total.